The van der Waals surface area contributed by atoms with Crippen molar-refractivity contribution < 1.29 is 14.3 Å². The number of ether oxygens (including phenoxy) is 1. The van der Waals surface area contributed by atoms with Crippen LogP contribution in [-0.2, 0) is 17.7 Å². The number of esters is 1. The molecule has 4 rings (SSSR count). The summed E-state index contributed by atoms with van der Waals surface area (Å²) in [6.45, 7) is 3.35. The second-order valence-electron chi connectivity index (χ2n) is 7.72. The Morgan fingerprint density at radius 1 is 1.03 bits per heavy atom. The monoisotopic (exact) mass is 442 g/mol. The number of fused-ring (bicyclic) bond motifs is 1. The summed E-state index contributed by atoms with van der Waals surface area (Å²) in [5.41, 5.74) is 4.27. The number of carbonyl (C=O) groups is 2. The summed E-state index contributed by atoms with van der Waals surface area (Å²) in [6.07, 6.45) is 4.97. The molecular formula is C26H26N4O3. The summed E-state index contributed by atoms with van der Waals surface area (Å²) in [6, 6.07) is 17.1. The molecule has 7 nitrogen and oxygen atoms in total. The number of carbonyl (C=O) groups excluding carboxylic acids is 2. The maximum absolute atomic E-state index is 13.0. The molecule has 3 heterocycles. The molecule has 4 aromatic rings. The highest BCUT2D eigenvalue weighted by Gasteiger charge is 2.17. The van der Waals surface area contributed by atoms with E-state index in [9.17, 15) is 9.59 Å². The van der Waals surface area contributed by atoms with Gasteiger partial charge in [-0.3, -0.25) is 14.8 Å². The van der Waals surface area contributed by atoms with Gasteiger partial charge in [-0.25, -0.2) is 4.79 Å². The second-order valence-corrected chi connectivity index (χ2v) is 7.72. The van der Waals surface area contributed by atoms with E-state index in [1.54, 1.807) is 24.5 Å². The van der Waals surface area contributed by atoms with Gasteiger partial charge in [-0.05, 0) is 42.7 Å². The molecule has 0 atom stereocenters. The lowest BCUT2D eigenvalue weighted by Crippen LogP contribution is -2.27. The fraction of sp³-hybridized carbons (Fsp3) is 0.231. The Hall–Kier alpha value is -4.00. The van der Waals surface area contributed by atoms with Crippen LogP contribution < -0.4 is 5.32 Å². The number of nitrogens with one attached hydrogen (secondary N) is 1. The highest BCUT2D eigenvalue weighted by Crippen LogP contribution is 2.25. The van der Waals surface area contributed by atoms with Crippen molar-refractivity contribution in [3.8, 4) is 11.4 Å². The molecule has 7 heteroatoms. The minimum absolute atomic E-state index is 0.108. The second kappa shape index (κ2) is 10.1. The number of nitrogens with zero attached hydrogens (tertiary/aromatic N) is 3. The smallest absolute Gasteiger partial charge is 0.337 e. The van der Waals surface area contributed by atoms with Crippen LogP contribution in [0.4, 0.5) is 0 Å². The van der Waals surface area contributed by atoms with E-state index in [-0.39, 0.29) is 5.91 Å². The number of rotatable bonds is 8. The number of hydrogen-bond acceptors (Lipinski definition) is 5. The Bertz CT molecular complexity index is 1280. The third kappa shape index (κ3) is 4.92. The summed E-state index contributed by atoms with van der Waals surface area (Å²) < 4.78 is 6.80. The van der Waals surface area contributed by atoms with Gasteiger partial charge in [0.25, 0.3) is 5.91 Å². The van der Waals surface area contributed by atoms with Crippen molar-refractivity contribution in [1.29, 1.82) is 0 Å². The molecule has 1 N–H and O–H groups in total. The summed E-state index contributed by atoms with van der Waals surface area (Å²) >= 11 is 0. The molecule has 0 aliphatic carbocycles. The fourth-order valence-corrected chi connectivity index (χ4v) is 3.82. The van der Waals surface area contributed by atoms with Crippen molar-refractivity contribution in [3.05, 3.63) is 83.8 Å². The van der Waals surface area contributed by atoms with Gasteiger partial charge >= 0.3 is 5.97 Å². The molecule has 3 aromatic heterocycles. The Morgan fingerprint density at radius 2 is 1.82 bits per heavy atom. The summed E-state index contributed by atoms with van der Waals surface area (Å²) in [4.78, 5) is 33.8. The average Bonchev–Trinajstić information content (AvgIpc) is 3.22. The highest BCUT2D eigenvalue weighted by molar-refractivity contribution is 5.99. The van der Waals surface area contributed by atoms with Crippen molar-refractivity contribution in [1.82, 2.24) is 19.9 Å². The standard InChI is InChI=1S/C26H26N4O3/c1-3-13-30-23(25(31)28-11-9-18-7-5-4-6-8-18)16-20-15-22(29-17-24(20)30)21-14-19(10-12-27-21)26(32)33-2/h4-8,10,12,14-17H,3,9,11,13H2,1-2H3,(H,28,31). The van der Waals surface area contributed by atoms with Crippen LogP contribution in [-0.4, -0.2) is 40.1 Å². The Labute approximate surface area is 192 Å². The molecule has 0 saturated carbocycles. The van der Waals surface area contributed by atoms with Gasteiger partial charge in [0.05, 0.1) is 35.8 Å². The first kappa shape index (κ1) is 22.2. The zero-order chi connectivity index (χ0) is 23.2. The normalized spacial score (nSPS) is 10.8. The predicted octanol–water partition coefficient (Wildman–Crippen LogP) is 4.27. The summed E-state index contributed by atoms with van der Waals surface area (Å²) in [5, 5.41) is 3.93. The third-order valence-corrected chi connectivity index (χ3v) is 5.45. The lowest BCUT2D eigenvalue weighted by atomic mass is 10.1. The molecular weight excluding hydrogens is 416 g/mol. The zero-order valence-electron chi connectivity index (χ0n) is 18.7. The zero-order valence-corrected chi connectivity index (χ0v) is 18.7. The number of aromatic nitrogens is 3. The molecule has 168 valence electrons. The van der Waals surface area contributed by atoms with Crippen molar-refractivity contribution in [3.63, 3.8) is 0 Å². The molecule has 0 saturated heterocycles. The van der Waals surface area contributed by atoms with E-state index < -0.39 is 5.97 Å². The van der Waals surface area contributed by atoms with Gasteiger partial charge in [-0.1, -0.05) is 37.3 Å². The van der Waals surface area contributed by atoms with Crippen molar-refractivity contribution in [2.24, 2.45) is 0 Å². The van der Waals surface area contributed by atoms with E-state index in [0.717, 1.165) is 23.7 Å². The van der Waals surface area contributed by atoms with E-state index in [1.165, 1.54) is 12.7 Å². The largest absolute Gasteiger partial charge is 0.465 e. The van der Waals surface area contributed by atoms with Crippen LogP contribution in [0.25, 0.3) is 22.3 Å². The Morgan fingerprint density at radius 3 is 2.58 bits per heavy atom. The quantitative estimate of drug-likeness (QED) is 0.412. The van der Waals surface area contributed by atoms with E-state index in [4.69, 9.17) is 4.74 Å². The van der Waals surface area contributed by atoms with Crippen LogP contribution >= 0.6 is 0 Å². The van der Waals surface area contributed by atoms with Gasteiger partial charge in [0.2, 0.25) is 0 Å². The number of hydrogen-bond donors (Lipinski definition) is 1. The van der Waals surface area contributed by atoms with E-state index in [0.29, 0.717) is 35.7 Å². The minimum Gasteiger partial charge on any atom is -0.465 e. The molecule has 1 aromatic carbocycles. The maximum atomic E-state index is 13.0. The Kier molecular flexibility index (Phi) is 6.78. The van der Waals surface area contributed by atoms with Crippen LogP contribution in [0.3, 0.4) is 0 Å². The summed E-state index contributed by atoms with van der Waals surface area (Å²) in [7, 11) is 1.34. The number of methoxy groups -OCH3 is 1. The molecule has 0 aliphatic heterocycles. The van der Waals surface area contributed by atoms with E-state index in [2.05, 4.69) is 34.3 Å². The number of benzene rings is 1. The van der Waals surface area contributed by atoms with Crippen molar-refractivity contribution in [2.75, 3.05) is 13.7 Å². The first-order valence-corrected chi connectivity index (χ1v) is 11.0. The number of aryl methyl sites for hydroxylation is 1. The highest BCUT2D eigenvalue weighted by atomic mass is 16.5. The molecule has 0 bridgehead atoms. The topological polar surface area (TPSA) is 86.1 Å². The van der Waals surface area contributed by atoms with Crippen LogP contribution in [0, 0.1) is 0 Å². The average molecular weight is 443 g/mol. The van der Waals surface area contributed by atoms with Crippen molar-refractivity contribution >= 4 is 22.8 Å². The lowest BCUT2D eigenvalue weighted by Gasteiger charge is -2.10. The van der Waals surface area contributed by atoms with Crippen LogP contribution in [0.15, 0.2) is 67.0 Å². The molecule has 0 spiro atoms. The van der Waals surface area contributed by atoms with Gasteiger partial charge in [-0.15, -0.1) is 0 Å². The molecule has 0 aliphatic rings. The van der Waals surface area contributed by atoms with Gasteiger partial charge in [0.1, 0.15) is 5.69 Å². The summed E-state index contributed by atoms with van der Waals surface area (Å²) in [5.74, 6) is -0.536. The molecule has 0 radical (unpaired) electrons. The van der Waals surface area contributed by atoms with Crippen LogP contribution in [0.2, 0.25) is 0 Å². The van der Waals surface area contributed by atoms with Crippen LogP contribution in [0.5, 0.6) is 0 Å². The number of pyridine rings is 2. The fourth-order valence-electron chi connectivity index (χ4n) is 3.82. The van der Waals surface area contributed by atoms with E-state index in [1.807, 2.05) is 34.9 Å². The molecule has 1 amide bonds. The molecule has 0 fully saturated rings. The Balaban J connectivity index is 1.60. The maximum Gasteiger partial charge on any atom is 0.337 e. The first-order chi connectivity index (χ1) is 16.1. The lowest BCUT2D eigenvalue weighted by molar-refractivity contribution is 0.0600. The molecule has 0 unspecified atom stereocenters. The van der Waals surface area contributed by atoms with Gasteiger partial charge in [0, 0.05) is 24.7 Å². The predicted molar refractivity (Wildman–Crippen MR) is 127 cm³/mol. The minimum atomic E-state index is -0.428. The van der Waals surface area contributed by atoms with E-state index >= 15 is 0 Å². The third-order valence-electron chi connectivity index (χ3n) is 5.45. The van der Waals surface area contributed by atoms with Gasteiger partial charge in [-0.2, -0.15) is 0 Å². The van der Waals surface area contributed by atoms with Gasteiger partial charge < -0.3 is 14.6 Å². The van der Waals surface area contributed by atoms with Crippen LogP contribution in [0.1, 0.15) is 39.8 Å². The van der Waals surface area contributed by atoms with Gasteiger partial charge in [0.15, 0.2) is 0 Å². The SMILES string of the molecule is CCCn1c(C(=O)NCCc2ccccc2)cc2cc(-c3cc(C(=O)OC)ccn3)ncc21. The first-order valence-electron chi connectivity index (χ1n) is 11.0. The van der Waals surface area contributed by atoms with Crippen molar-refractivity contribution in [2.45, 2.75) is 26.3 Å². The number of amides is 1. The molecule has 33 heavy (non-hydrogen) atoms.